The summed E-state index contributed by atoms with van der Waals surface area (Å²) in [5.74, 6) is -0.117. The predicted octanol–water partition coefficient (Wildman–Crippen LogP) is 3.03. The molecule has 5 nitrogen and oxygen atoms in total. The Kier molecular flexibility index (Phi) is 5.85. The molecule has 1 amide bonds. The molecule has 22 heavy (non-hydrogen) atoms. The average molecular weight is 314 g/mol. The molecular weight excluding hydrogens is 296 g/mol. The van der Waals surface area contributed by atoms with Crippen LogP contribution in [-0.4, -0.2) is 22.5 Å². The topological polar surface area (TPSA) is 66.1 Å². The number of nitrogens with one attached hydrogen (secondary N) is 3. The van der Waals surface area contributed by atoms with E-state index >= 15 is 0 Å². The number of para-hydroxylation sites is 1. The van der Waals surface area contributed by atoms with E-state index in [-0.39, 0.29) is 5.91 Å². The Morgan fingerprint density at radius 1 is 1.18 bits per heavy atom. The summed E-state index contributed by atoms with van der Waals surface area (Å²) in [6, 6.07) is 10.9. The molecule has 0 atom stereocenters. The van der Waals surface area contributed by atoms with Crippen LogP contribution >= 0.6 is 12.2 Å². The van der Waals surface area contributed by atoms with Crippen molar-refractivity contribution in [3.05, 3.63) is 54.4 Å². The van der Waals surface area contributed by atoms with E-state index in [9.17, 15) is 4.79 Å². The zero-order valence-corrected chi connectivity index (χ0v) is 13.1. The fraction of sp³-hybridized carbons (Fsp3) is 0.188. The highest BCUT2D eigenvalue weighted by molar-refractivity contribution is 7.80. The number of carbonyl (C=O) groups excluding carboxylic acids is 1. The molecular formula is C16H18N4OS. The monoisotopic (exact) mass is 314 g/mol. The maximum absolute atomic E-state index is 12.1. The molecule has 3 N–H and O–H groups in total. The van der Waals surface area contributed by atoms with Gasteiger partial charge in [-0.1, -0.05) is 19.1 Å². The van der Waals surface area contributed by atoms with Gasteiger partial charge in [0.2, 0.25) is 0 Å². The number of rotatable bonds is 5. The first-order chi connectivity index (χ1) is 10.7. The van der Waals surface area contributed by atoms with Crippen molar-refractivity contribution in [2.75, 3.05) is 17.2 Å². The van der Waals surface area contributed by atoms with Gasteiger partial charge in [-0.2, -0.15) is 0 Å². The van der Waals surface area contributed by atoms with Gasteiger partial charge < -0.3 is 16.0 Å². The van der Waals surface area contributed by atoms with Crippen molar-refractivity contribution >= 4 is 34.6 Å². The molecule has 0 fully saturated rings. The van der Waals surface area contributed by atoms with Crippen LogP contribution in [0, 0.1) is 0 Å². The number of aromatic nitrogens is 1. The first-order valence-corrected chi connectivity index (χ1v) is 7.46. The number of nitrogens with zero attached hydrogens (tertiary/aromatic N) is 1. The molecule has 114 valence electrons. The summed E-state index contributed by atoms with van der Waals surface area (Å²) in [7, 11) is 0. The van der Waals surface area contributed by atoms with Crippen molar-refractivity contribution in [1.29, 1.82) is 0 Å². The van der Waals surface area contributed by atoms with Gasteiger partial charge in [0.25, 0.3) is 5.91 Å². The van der Waals surface area contributed by atoms with Crippen molar-refractivity contribution in [3.8, 4) is 0 Å². The van der Waals surface area contributed by atoms with Crippen LogP contribution in [0.4, 0.5) is 11.4 Å². The lowest BCUT2D eigenvalue weighted by molar-refractivity contribution is 0.0954. The van der Waals surface area contributed by atoms with Gasteiger partial charge in [0, 0.05) is 12.7 Å². The molecule has 0 aliphatic rings. The Hall–Kier alpha value is -2.47. The first kappa shape index (κ1) is 15.9. The van der Waals surface area contributed by atoms with Crippen molar-refractivity contribution in [3.63, 3.8) is 0 Å². The van der Waals surface area contributed by atoms with Gasteiger partial charge in [-0.05, 0) is 42.9 Å². The van der Waals surface area contributed by atoms with E-state index in [4.69, 9.17) is 12.2 Å². The van der Waals surface area contributed by atoms with Gasteiger partial charge >= 0.3 is 0 Å². The number of thiocarbonyl (C=S) groups is 1. The zero-order chi connectivity index (χ0) is 15.8. The van der Waals surface area contributed by atoms with Crippen molar-refractivity contribution < 1.29 is 4.79 Å². The summed E-state index contributed by atoms with van der Waals surface area (Å²) in [5.41, 5.74) is 2.01. The summed E-state index contributed by atoms with van der Waals surface area (Å²) >= 11 is 5.27. The number of hydrogen-bond donors (Lipinski definition) is 3. The number of hydrogen-bond acceptors (Lipinski definition) is 3. The van der Waals surface area contributed by atoms with Crippen molar-refractivity contribution in [2.45, 2.75) is 13.3 Å². The Morgan fingerprint density at radius 3 is 2.73 bits per heavy atom. The Morgan fingerprint density at radius 2 is 2.00 bits per heavy atom. The lowest BCUT2D eigenvalue weighted by Crippen LogP contribution is -2.26. The molecule has 2 rings (SSSR count). The molecule has 1 aromatic carbocycles. The fourth-order valence-electron chi connectivity index (χ4n) is 1.85. The maximum atomic E-state index is 12.1. The molecule has 1 heterocycles. The molecule has 0 unspecified atom stereocenters. The Bertz CT molecular complexity index is 646. The van der Waals surface area contributed by atoms with Gasteiger partial charge in [-0.25, -0.2) is 0 Å². The molecule has 0 saturated heterocycles. The van der Waals surface area contributed by atoms with Gasteiger partial charge in [0.15, 0.2) is 5.11 Å². The van der Waals surface area contributed by atoms with Gasteiger partial charge in [-0.3, -0.25) is 9.78 Å². The number of pyridine rings is 1. The SMILES string of the molecule is CCCNC(=O)c1ccccc1NC(=S)Nc1cccnc1. The number of carbonyl (C=O) groups is 1. The summed E-state index contributed by atoms with van der Waals surface area (Å²) in [4.78, 5) is 16.1. The normalized spacial score (nSPS) is 9.86. The lowest BCUT2D eigenvalue weighted by Gasteiger charge is -2.13. The standard InChI is InChI=1S/C16H18N4OS/c1-2-9-18-15(21)13-7-3-4-8-14(13)20-16(22)19-12-6-5-10-17-11-12/h3-8,10-11H,2,9H2,1H3,(H,18,21)(H2,19,20,22). The smallest absolute Gasteiger partial charge is 0.253 e. The molecule has 0 saturated carbocycles. The van der Waals surface area contributed by atoms with E-state index in [1.165, 1.54) is 0 Å². The molecule has 2 aromatic rings. The third kappa shape index (κ3) is 4.53. The molecule has 6 heteroatoms. The molecule has 0 bridgehead atoms. The summed E-state index contributed by atoms with van der Waals surface area (Å²) in [6.45, 7) is 2.66. The van der Waals surface area contributed by atoms with E-state index in [0.717, 1.165) is 12.1 Å². The quantitative estimate of drug-likeness (QED) is 0.740. The molecule has 0 radical (unpaired) electrons. The summed E-state index contributed by atoms with van der Waals surface area (Å²) < 4.78 is 0. The van der Waals surface area contributed by atoms with Gasteiger partial charge in [0.1, 0.15) is 0 Å². The lowest BCUT2D eigenvalue weighted by atomic mass is 10.1. The van der Waals surface area contributed by atoms with Crippen LogP contribution in [-0.2, 0) is 0 Å². The van der Waals surface area contributed by atoms with E-state index in [2.05, 4.69) is 20.9 Å². The molecule has 1 aromatic heterocycles. The first-order valence-electron chi connectivity index (χ1n) is 7.06. The highest BCUT2D eigenvalue weighted by Crippen LogP contribution is 2.15. The van der Waals surface area contributed by atoms with E-state index in [1.54, 1.807) is 18.5 Å². The Balaban J connectivity index is 2.06. The second kappa shape index (κ2) is 8.09. The second-order valence-electron chi connectivity index (χ2n) is 4.62. The van der Waals surface area contributed by atoms with Crippen LogP contribution in [0.3, 0.4) is 0 Å². The highest BCUT2D eigenvalue weighted by Gasteiger charge is 2.11. The average Bonchev–Trinajstić information content (AvgIpc) is 2.54. The van der Waals surface area contributed by atoms with Crippen molar-refractivity contribution in [1.82, 2.24) is 10.3 Å². The number of benzene rings is 1. The fourth-order valence-corrected chi connectivity index (χ4v) is 2.07. The second-order valence-corrected chi connectivity index (χ2v) is 5.03. The highest BCUT2D eigenvalue weighted by atomic mass is 32.1. The molecule has 0 aliphatic carbocycles. The van der Waals surface area contributed by atoms with Gasteiger partial charge in [-0.15, -0.1) is 0 Å². The van der Waals surface area contributed by atoms with Crippen LogP contribution in [0.2, 0.25) is 0 Å². The molecule has 0 aliphatic heterocycles. The largest absolute Gasteiger partial charge is 0.352 e. The zero-order valence-electron chi connectivity index (χ0n) is 12.3. The third-order valence-corrected chi connectivity index (χ3v) is 3.08. The minimum atomic E-state index is -0.117. The van der Waals surface area contributed by atoms with Crippen molar-refractivity contribution in [2.24, 2.45) is 0 Å². The maximum Gasteiger partial charge on any atom is 0.253 e. The minimum absolute atomic E-state index is 0.117. The van der Waals surface area contributed by atoms with Crippen LogP contribution in [0.5, 0.6) is 0 Å². The van der Waals surface area contributed by atoms with Crippen LogP contribution in [0.25, 0.3) is 0 Å². The van der Waals surface area contributed by atoms with Crippen LogP contribution in [0.15, 0.2) is 48.8 Å². The van der Waals surface area contributed by atoms with Gasteiger partial charge in [0.05, 0.1) is 23.1 Å². The van der Waals surface area contributed by atoms with E-state index in [0.29, 0.717) is 22.9 Å². The van der Waals surface area contributed by atoms with E-state index in [1.807, 2.05) is 37.3 Å². The number of amides is 1. The van der Waals surface area contributed by atoms with Crippen LogP contribution < -0.4 is 16.0 Å². The summed E-state index contributed by atoms with van der Waals surface area (Å²) in [5, 5.41) is 9.34. The molecule has 0 spiro atoms. The minimum Gasteiger partial charge on any atom is -0.352 e. The third-order valence-electron chi connectivity index (χ3n) is 2.87. The van der Waals surface area contributed by atoms with Crippen LogP contribution in [0.1, 0.15) is 23.7 Å². The van der Waals surface area contributed by atoms with E-state index < -0.39 is 0 Å². The summed E-state index contributed by atoms with van der Waals surface area (Å²) in [6.07, 6.45) is 4.26. The number of anilines is 2. The predicted molar refractivity (Wildman–Crippen MR) is 93.1 cm³/mol. The Labute approximate surface area is 135 Å².